The van der Waals surface area contributed by atoms with E-state index in [1.165, 1.54) is 0 Å². The van der Waals surface area contributed by atoms with Crippen molar-refractivity contribution in [3.05, 3.63) is 28.8 Å². The van der Waals surface area contributed by atoms with E-state index in [9.17, 15) is 0 Å². The molecular weight excluding hydrogens is 242 g/mol. The Hall–Kier alpha value is -1.18. The number of aliphatic imine (C=N–C) groups is 1. The highest BCUT2D eigenvalue weighted by Gasteiger charge is 2.14. The van der Waals surface area contributed by atoms with Gasteiger partial charge in [0.05, 0.1) is 28.4 Å². The highest BCUT2D eigenvalue weighted by atomic mass is 35.5. The van der Waals surface area contributed by atoms with E-state index in [0.29, 0.717) is 16.6 Å². The van der Waals surface area contributed by atoms with E-state index < -0.39 is 0 Å². The second-order valence-electron chi connectivity index (χ2n) is 3.53. The molecule has 0 aromatic heterocycles. The van der Waals surface area contributed by atoms with Gasteiger partial charge < -0.3 is 5.32 Å². The van der Waals surface area contributed by atoms with Gasteiger partial charge in [0.15, 0.2) is 5.17 Å². The predicted molar refractivity (Wildman–Crippen MR) is 69.1 cm³/mol. The predicted octanol–water partition coefficient (Wildman–Crippen LogP) is 3.11. The van der Waals surface area contributed by atoms with Crippen LogP contribution in [-0.4, -0.2) is 17.0 Å². The number of benzene rings is 1. The molecule has 1 aromatic carbocycles. The zero-order chi connectivity index (χ0) is 11.5. The van der Waals surface area contributed by atoms with Crippen LogP contribution in [0.5, 0.6) is 0 Å². The van der Waals surface area contributed by atoms with Crippen molar-refractivity contribution in [2.45, 2.75) is 13.0 Å². The fourth-order valence-electron chi connectivity index (χ4n) is 1.35. The van der Waals surface area contributed by atoms with Gasteiger partial charge in [-0.2, -0.15) is 5.26 Å². The summed E-state index contributed by atoms with van der Waals surface area (Å²) in [4.78, 5) is 4.41. The van der Waals surface area contributed by atoms with Crippen LogP contribution >= 0.6 is 23.4 Å². The number of hydrogen-bond donors (Lipinski definition) is 1. The van der Waals surface area contributed by atoms with Gasteiger partial charge in [-0.15, -0.1) is 0 Å². The molecule has 16 heavy (non-hydrogen) atoms. The minimum Gasteiger partial charge on any atom is -0.334 e. The Balaban J connectivity index is 2.21. The summed E-state index contributed by atoms with van der Waals surface area (Å²) >= 11 is 7.70. The molecule has 0 saturated heterocycles. The van der Waals surface area contributed by atoms with E-state index in [4.69, 9.17) is 16.9 Å². The number of thioether (sulfide) groups is 1. The van der Waals surface area contributed by atoms with Crippen LogP contribution in [0.1, 0.15) is 12.5 Å². The first-order valence-corrected chi connectivity index (χ1v) is 6.22. The molecule has 0 amide bonds. The zero-order valence-corrected chi connectivity index (χ0v) is 10.3. The number of nitrogens with zero attached hydrogens (tertiary/aromatic N) is 2. The zero-order valence-electron chi connectivity index (χ0n) is 8.70. The van der Waals surface area contributed by atoms with Gasteiger partial charge in [-0.25, -0.2) is 0 Å². The van der Waals surface area contributed by atoms with E-state index in [-0.39, 0.29) is 0 Å². The van der Waals surface area contributed by atoms with Crippen molar-refractivity contribution in [3.8, 4) is 6.07 Å². The van der Waals surface area contributed by atoms with Crippen LogP contribution in [0.4, 0.5) is 5.69 Å². The van der Waals surface area contributed by atoms with Gasteiger partial charge in [-0.3, -0.25) is 4.99 Å². The normalized spacial score (nSPS) is 19.1. The molecule has 1 unspecified atom stereocenters. The maximum atomic E-state index is 8.80. The summed E-state index contributed by atoms with van der Waals surface area (Å²) in [6.07, 6.45) is 0. The third-order valence-corrected chi connectivity index (χ3v) is 3.60. The molecular formula is C11H10ClN3S. The van der Waals surface area contributed by atoms with Gasteiger partial charge in [0.1, 0.15) is 0 Å². The lowest BCUT2D eigenvalue weighted by Gasteiger charge is -2.07. The van der Waals surface area contributed by atoms with Crippen LogP contribution in [0.15, 0.2) is 23.2 Å². The summed E-state index contributed by atoms with van der Waals surface area (Å²) in [7, 11) is 0. The van der Waals surface area contributed by atoms with Crippen molar-refractivity contribution in [1.29, 1.82) is 5.26 Å². The average Bonchev–Trinajstić information content (AvgIpc) is 2.67. The number of anilines is 1. The quantitative estimate of drug-likeness (QED) is 0.834. The molecule has 0 radical (unpaired) electrons. The lowest BCUT2D eigenvalue weighted by atomic mass is 10.2. The summed E-state index contributed by atoms with van der Waals surface area (Å²) in [6.45, 7) is 2.06. The molecule has 0 saturated carbocycles. The fourth-order valence-corrected chi connectivity index (χ4v) is 2.42. The topological polar surface area (TPSA) is 48.2 Å². The maximum absolute atomic E-state index is 8.80. The van der Waals surface area contributed by atoms with Gasteiger partial charge in [-0.05, 0) is 25.1 Å². The van der Waals surface area contributed by atoms with Gasteiger partial charge in [0.2, 0.25) is 0 Å². The van der Waals surface area contributed by atoms with Crippen molar-refractivity contribution >= 4 is 34.2 Å². The Morgan fingerprint density at radius 2 is 2.44 bits per heavy atom. The summed E-state index contributed by atoms with van der Waals surface area (Å²) in [5.41, 5.74) is 1.32. The molecule has 5 heteroatoms. The molecule has 1 atom stereocenters. The summed E-state index contributed by atoms with van der Waals surface area (Å²) in [5.74, 6) is 0.984. The molecule has 1 N–H and O–H groups in total. The Morgan fingerprint density at radius 3 is 3.06 bits per heavy atom. The molecule has 1 heterocycles. The highest BCUT2D eigenvalue weighted by molar-refractivity contribution is 8.14. The lowest BCUT2D eigenvalue weighted by Crippen LogP contribution is -2.05. The molecule has 0 bridgehead atoms. The summed E-state index contributed by atoms with van der Waals surface area (Å²) in [6, 6.07) is 7.56. The SMILES string of the molecule is CC1CSC(Nc2cc(C#N)ccc2Cl)=N1. The summed E-state index contributed by atoms with van der Waals surface area (Å²) < 4.78 is 0. The Labute approximate surface area is 104 Å². The molecule has 0 fully saturated rings. The molecule has 1 aliphatic rings. The minimum atomic E-state index is 0.338. The highest BCUT2D eigenvalue weighted by Crippen LogP contribution is 2.26. The third-order valence-electron chi connectivity index (χ3n) is 2.14. The maximum Gasteiger partial charge on any atom is 0.161 e. The lowest BCUT2D eigenvalue weighted by molar-refractivity contribution is 0.865. The van der Waals surface area contributed by atoms with E-state index in [1.807, 2.05) is 0 Å². The minimum absolute atomic E-state index is 0.338. The molecule has 82 valence electrons. The van der Waals surface area contributed by atoms with E-state index in [1.54, 1.807) is 30.0 Å². The van der Waals surface area contributed by atoms with Crippen LogP contribution in [-0.2, 0) is 0 Å². The number of hydrogen-bond acceptors (Lipinski definition) is 4. The second kappa shape index (κ2) is 4.77. The van der Waals surface area contributed by atoms with Crippen LogP contribution in [0.2, 0.25) is 5.02 Å². The molecule has 1 aliphatic heterocycles. The first-order chi connectivity index (χ1) is 7.69. The van der Waals surface area contributed by atoms with Crippen LogP contribution in [0.3, 0.4) is 0 Å². The van der Waals surface area contributed by atoms with Crippen LogP contribution < -0.4 is 5.32 Å². The van der Waals surface area contributed by atoms with E-state index >= 15 is 0 Å². The Morgan fingerprint density at radius 1 is 1.62 bits per heavy atom. The Bertz CT molecular complexity index is 479. The Kier molecular flexibility index (Phi) is 3.37. The molecule has 3 nitrogen and oxygen atoms in total. The van der Waals surface area contributed by atoms with E-state index in [0.717, 1.165) is 16.6 Å². The first-order valence-electron chi connectivity index (χ1n) is 4.86. The third kappa shape index (κ3) is 2.49. The van der Waals surface area contributed by atoms with Crippen LogP contribution in [0, 0.1) is 11.3 Å². The van der Waals surface area contributed by atoms with Crippen molar-refractivity contribution < 1.29 is 0 Å². The number of halogens is 1. The van der Waals surface area contributed by atoms with Crippen LogP contribution in [0.25, 0.3) is 0 Å². The van der Waals surface area contributed by atoms with Gasteiger partial charge in [-0.1, -0.05) is 23.4 Å². The number of nitriles is 1. The van der Waals surface area contributed by atoms with Gasteiger partial charge >= 0.3 is 0 Å². The first kappa shape index (κ1) is 11.3. The fraction of sp³-hybridized carbons (Fsp3) is 0.273. The van der Waals surface area contributed by atoms with Crippen molar-refractivity contribution in [2.24, 2.45) is 4.99 Å². The molecule has 0 spiro atoms. The van der Waals surface area contributed by atoms with Gasteiger partial charge in [0, 0.05) is 5.75 Å². The monoisotopic (exact) mass is 251 g/mol. The second-order valence-corrected chi connectivity index (χ2v) is 4.94. The largest absolute Gasteiger partial charge is 0.334 e. The number of rotatable bonds is 1. The van der Waals surface area contributed by atoms with Crippen molar-refractivity contribution in [2.75, 3.05) is 11.1 Å². The number of amidine groups is 1. The van der Waals surface area contributed by atoms with Crippen molar-refractivity contribution in [1.82, 2.24) is 0 Å². The standard InChI is InChI=1S/C11H10ClN3S/c1-7-6-16-11(14-7)15-10-4-8(5-13)2-3-9(10)12/h2-4,7H,6H2,1H3,(H,14,15). The molecule has 0 aliphatic carbocycles. The van der Waals surface area contributed by atoms with Gasteiger partial charge in [0.25, 0.3) is 0 Å². The van der Waals surface area contributed by atoms with E-state index in [2.05, 4.69) is 23.3 Å². The summed E-state index contributed by atoms with van der Waals surface area (Å²) in [5, 5.41) is 13.4. The molecule has 2 rings (SSSR count). The smallest absolute Gasteiger partial charge is 0.161 e. The number of nitrogens with one attached hydrogen (secondary N) is 1. The molecule has 1 aromatic rings. The average molecular weight is 252 g/mol. The van der Waals surface area contributed by atoms with Crippen molar-refractivity contribution in [3.63, 3.8) is 0 Å².